The van der Waals surface area contributed by atoms with Crippen LogP contribution in [0.15, 0.2) is 47.1 Å². The lowest BCUT2D eigenvalue weighted by molar-refractivity contribution is 0.164. The van der Waals surface area contributed by atoms with Crippen LogP contribution in [-0.4, -0.2) is 51.3 Å². The Morgan fingerprint density at radius 2 is 1.89 bits per heavy atom. The molecule has 8 heteroatoms. The first-order valence-electron chi connectivity index (χ1n) is 9.77. The Balaban J connectivity index is 1.46. The SMILES string of the molecule is CCC[C@H](c1nnnn1Cc1ccco1)N1CCN(c2ccc(F)cc2)CC1. The van der Waals surface area contributed by atoms with Crippen molar-refractivity contribution in [1.82, 2.24) is 25.1 Å². The Morgan fingerprint density at radius 3 is 2.57 bits per heavy atom. The number of aromatic nitrogens is 4. The highest BCUT2D eigenvalue weighted by Crippen LogP contribution is 2.27. The van der Waals surface area contributed by atoms with Gasteiger partial charge >= 0.3 is 0 Å². The van der Waals surface area contributed by atoms with Gasteiger partial charge in [0.25, 0.3) is 0 Å². The summed E-state index contributed by atoms with van der Waals surface area (Å²) in [4.78, 5) is 4.75. The van der Waals surface area contributed by atoms with E-state index in [2.05, 4.69) is 32.2 Å². The zero-order chi connectivity index (χ0) is 19.3. The topological polar surface area (TPSA) is 63.2 Å². The van der Waals surface area contributed by atoms with Crippen LogP contribution in [0.3, 0.4) is 0 Å². The van der Waals surface area contributed by atoms with Gasteiger partial charge in [0.2, 0.25) is 0 Å². The van der Waals surface area contributed by atoms with Crippen LogP contribution in [0.25, 0.3) is 0 Å². The number of anilines is 1. The Bertz CT molecular complexity index is 855. The maximum Gasteiger partial charge on any atom is 0.168 e. The highest BCUT2D eigenvalue weighted by atomic mass is 19.1. The average Bonchev–Trinajstić information content (AvgIpc) is 3.40. The summed E-state index contributed by atoms with van der Waals surface area (Å²) in [7, 11) is 0. The van der Waals surface area contributed by atoms with E-state index in [1.165, 1.54) is 12.1 Å². The maximum atomic E-state index is 13.2. The molecule has 1 fully saturated rings. The molecule has 7 nitrogen and oxygen atoms in total. The molecular weight excluding hydrogens is 359 g/mol. The Kier molecular flexibility index (Phi) is 5.66. The van der Waals surface area contributed by atoms with Gasteiger partial charge in [-0.3, -0.25) is 4.90 Å². The molecule has 1 aliphatic rings. The second-order valence-corrected chi connectivity index (χ2v) is 7.08. The van der Waals surface area contributed by atoms with Crippen LogP contribution in [0, 0.1) is 5.82 Å². The smallest absolute Gasteiger partial charge is 0.168 e. The van der Waals surface area contributed by atoms with E-state index in [-0.39, 0.29) is 11.9 Å². The minimum atomic E-state index is -0.200. The van der Waals surface area contributed by atoms with Crippen LogP contribution in [0.4, 0.5) is 10.1 Å². The van der Waals surface area contributed by atoms with Gasteiger partial charge in [0.1, 0.15) is 18.1 Å². The zero-order valence-corrected chi connectivity index (χ0v) is 16.0. The van der Waals surface area contributed by atoms with Crippen molar-refractivity contribution in [2.24, 2.45) is 0 Å². The highest BCUT2D eigenvalue weighted by molar-refractivity contribution is 5.46. The molecule has 1 aliphatic heterocycles. The minimum absolute atomic E-state index is 0.172. The van der Waals surface area contributed by atoms with E-state index in [9.17, 15) is 4.39 Å². The zero-order valence-electron chi connectivity index (χ0n) is 16.0. The monoisotopic (exact) mass is 384 g/mol. The quantitative estimate of drug-likeness (QED) is 0.624. The molecule has 0 radical (unpaired) electrons. The van der Waals surface area contributed by atoms with Gasteiger partial charge in [-0.25, -0.2) is 9.07 Å². The van der Waals surface area contributed by atoms with E-state index in [1.807, 2.05) is 28.9 Å². The highest BCUT2D eigenvalue weighted by Gasteiger charge is 2.28. The largest absolute Gasteiger partial charge is 0.467 e. The summed E-state index contributed by atoms with van der Waals surface area (Å²) < 4.78 is 20.5. The summed E-state index contributed by atoms with van der Waals surface area (Å²) in [6.07, 6.45) is 3.71. The van der Waals surface area contributed by atoms with Gasteiger partial charge in [0.15, 0.2) is 5.82 Å². The van der Waals surface area contributed by atoms with Crippen molar-refractivity contribution in [2.75, 3.05) is 31.1 Å². The fourth-order valence-corrected chi connectivity index (χ4v) is 3.81. The van der Waals surface area contributed by atoms with Crippen molar-refractivity contribution in [3.63, 3.8) is 0 Å². The molecule has 1 saturated heterocycles. The second kappa shape index (κ2) is 8.52. The molecule has 1 aromatic carbocycles. The van der Waals surface area contributed by atoms with Gasteiger partial charge in [-0.05, 0) is 53.2 Å². The minimum Gasteiger partial charge on any atom is -0.467 e. The predicted octanol–water partition coefficient (Wildman–Crippen LogP) is 3.12. The van der Waals surface area contributed by atoms with Crippen molar-refractivity contribution in [3.8, 4) is 0 Å². The summed E-state index contributed by atoms with van der Waals surface area (Å²) >= 11 is 0. The third-order valence-corrected chi connectivity index (χ3v) is 5.25. The number of piperazine rings is 1. The predicted molar refractivity (Wildman–Crippen MR) is 103 cm³/mol. The number of halogens is 1. The van der Waals surface area contributed by atoms with E-state index in [4.69, 9.17) is 4.42 Å². The first-order chi connectivity index (χ1) is 13.7. The van der Waals surface area contributed by atoms with E-state index in [0.29, 0.717) is 6.54 Å². The summed E-state index contributed by atoms with van der Waals surface area (Å²) in [6, 6.07) is 10.7. The molecule has 1 atom stereocenters. The van der Waals surface area contributed by atoms with Crippen LogP contribution in [0.2, 0.25) is 0 Å². The number of furan rings is 1. The molecule has 2 aromatic heterocycles. The van der Waals surface area contributed by atoms with Gasteiger partial charge in [0.05, 0.1) is 12.3 Å². The first kappa shape index (κ1) is 18.6. The van der Waals surface area contributed by atoms with Crippen molar-refractivity contribution in [3.05, 3.63) is 60.1 Å². The Labute approximate surface area is 163 Å². The van der Waals surface area contributed by atoms with Crippen molar-refractivity contribution in [1.29, 1.82) is 0 Å². The van der Waals surface area contributed by atoms with Crippen LogP contribution >= 0.6 is 0 Å². The molecule has 0 spiro atoms. The van der Waals surface area contributed by atoms with Crippen LogP contribution < -0.4 is 4.90 Å². The lowest BCUT2D eigenvalue weighted by Crippen LogP contribution is -2.48. The average molecular weight is 384 g/mol. The van der Waals surface area contributed by atoms with Crippen LogP contribution in [-0.2, 0) is 6.54 Å². The van der Waals surface area contributed by atoms with Gasteiger partial charge in [-0.15, -0.1) is 5.10 Å². The number of rotatable bonds is 7. The molecule has 0 bridgehead atoms. The van der Waals surface area contributed by atoms with Crippen molar-refractivity contribution in [2.45, 2.75) is 32.4 Å². The number of nitrogens with zero attached hydrogens (tertiary/aromatic N) is 6. The summed E-state index contributed by atoms with van der Waals surface area (Å²) in [6.45, 7) is 6.33. The van der Waals surface area contributed by atoms with Crippen molar-refractivity contribution >= 4 is 5.69 Å². The van der Waals surface area contributed by atoms with Crippen molar-refractivity contribution < 1.29 is 8.81 Å². The molecular formula is C20H25FN6O. The van der Waals surface area contributed by atoms with E-state index in [0.717, 1.165) is 56.3 Å². The lowest BCUT2D eigenvalue weighted by atomic mass is 10.1. The van der Waals surface area contributed by atoms with Crippen LogP contribution in [0.5, 0.6) is 0 Å². The molecule has 148 valence electrons. The lowest BCUT2D eigenvalue weighted by Gasteiger charge is -2.39. The molecule has 0 amide bonds. The maximum absolute atomic E-state index is 13.2. The molecule has 0 unspecified atom stereocenters. The Morgan fingerprint density at radius 1 is 1.11 bits per heavy atom. The molecule has 4 rings (SSSR count). The van der Waals surface area contributed by atoms with E-state index in [1.54, 1.807) is 6.26 Å². The summed E-state index contributed by atoms with van der Waals surface area (Å²) in [5, 5.41) is 12.4. The number of hydrogen-bond acceptors (Lipinski definition) is 6. The van der Waals surface area contributed by atoms with Gasteiger partial charge < -0.3 is 9.32 Å². The standard InChI is InChI=1S/C20H25FN6O/c1-2-4-19(20-22-23-24-27(20)15-18-5-3-14-28-18)26-12-10-25(11-13-26)17-8-6-16(21)7-9-17/h3,5-9,14,19H,2,4,10-13,15H2,1H3/t19-/m1/s1. The first-order valence-corrected chi connectivity index (χ1v) is 9.77. The normalized spacial score (nSPS) is 16.4. The third-order valence-electron chi connectivity index (χ3n) is 5.25. The van der Waals surface area contributed by atoms with E-state index >= 15 is 0 Å². The summed E-state index contributed by atoms with van der Waals surface area (Å²) in [5.74, 6) is 1.52. The molecule has 0 aliphatic carbocycles. The number of hydrogen-bond donors (Lipinski definition) is 0. The summed E-state index contributed by atoms with van der Waals surface area (Å²) in [5.41, 5.74) is 1.07. The fraction of sp³-hybridized carbons (Fsp3) is 0.450. The third kappa shape index (κ3) is 4.06. The number of tetrazole rings is 1. The molecule has 0 saturated carbocycles. The second-order valence-electron chi connectivity index (χ2n) is 7.08. The van der Waals surface area contributed by atoms with Gasteiger partial charge in [-0.1, -0.05) is 13.3 Å². The van der Waals surface area contributed by atoms with Gasteiger partial charge in [-0.2, -0.15) is 0 Å². The van der Waals surface area contributed by atoms with E-state index < -0.39 is 0 Å². The molecule has 3 heterocycles. The Hall–Kier alpha value is -2.74. The molecule has 28 heavy (non-hydrogen) atoms. The molecule has 0 N–H and O–H groups in total. The number of benzene rings is 1. The molecule has 3 aromatic rings. The van der Waals surface area contributed by atoms with Crippen LogP contribution in [0.1, 0.15) is 37.4 Å². The fourth-order valence-electron chi connectivity index (χ4n) is 3.81. The van der Waals surface area contributed by atoms with Gasteiger partial charge in [0, 0.05) is 31.9 Å².